The van der Waals surface area contributed by atoms with Crippen molar-refractivity contribution in [1.82, 2.24) is 0 Å². The second kappa shape index (κ2) is 5.48. The summed E-state index contributed by atoms with van der Waals surface area (Å²) < 4.78 is 26.6. The van der Waals surface area contributed by atoms with Crippen LogP contribution < -0.4 is 5.32 Å². The minimum Gasteiger partial charge on any atom is -0.481 e. The molecule has 0 heterocycles. The highest BCUT2D eigenvalue weighted by Gasteiger charge is 2.10. The number of benzene rings is 2. The van der Waals surface area contributed by atoms with E-state index >= 15 is 0 Å². The van der Waals surface area contributed by atoms with E-state index in [1.54, 1.807) is 12.1 Å². The summed E-state index contributed by atoms with van der Waals surface area (Å²) in [5.41, 5.74) is 0.838. The van der Waals surface area contributed by atoms with E-state index in [4.69, 9.17) is 5.11 Å². The van der Waals surface area contributed by atoms with Crippen LogP contribution in [0.25, 0.3) is 0 Å². The fourth-order valence-electron chi connectivity index (χ4n) is 1.70. The van der Waals surface area contributed by atoms with Crippen molar-refractivity contribution in [3.05, 3.63) is 59.7 Å². The first-order valence-corrected chi connectivity index (χ1v) is 5.58. The van der Waals surface area contributed by atoms with Gasteiger partial charge in [0.05, 0.1) is 12.1 Å². The van der Waals surface area contributed by atoms with E-state index in [0.29, 0.717) is 5.69 Å². The van der Waals surface area contributed by atoms with Crippen molar-refractivity contribution in [1.29, 1.82) is 0 Å². The van der Waals surface area contributed by atoms with Crippen LogP contribution in [0.2, 0.25) is 0 Å². The van der Waals surface area contributed by atoms with E-state index in [-0.39, 0.29) is 17.7 Å². The Balaban J connectivity index is 2.34. The third-order valence-electron chi connectivity index (χ3n) is 2.55. The van der Waals surface area contributed by atoms with E-state index in [1.807, 2.05) is 0 Å². The first-order valence-electron chi connectivity index (χ1n) is 5.58. The molecule has 0 bridgehead atoms. The third kappa shape index (κ3) is 3.28. The average molecular weight is 263 g/mol. The molecule has 2 aromatic rings. The van der Waals surface area contributed by atoms with Crippen LogP contribution in [-0.2, 0) is 11.2 Å². The Morgan fingerprint density at radius 3 is 2.53 bits per heavy atom. The predicted molar refractivity (Wildman–Crippen MR) is 67.4 cm³/mol. The summed E-state index contributed by atoms with van der Waals surface area (Å²) in [5.74, 6) is -2.08. The Morgan fingerprint density at radius 1 is 1.11 bits per heavy atom. The molecule has 0 aliphatic heterocycles. The molecule has 0 amide bonds. The summed E-state index contributed by atoms with van der Waals surface area (Å²) in [6, 6.07) is 9.69. The van der Waals surface area contributed by atoms with Crippen LogP contribution in [0.4, 0.5) is 20.2 Å². The molecule has 0 saturated heterocycles. The van der Waals surface area contributed by atoms with Crippen LogP contribution in [-0.4, -0.2) is 11.1 Å². The van der Waals surface area contributed by atoms with E-state index in [9.17, 15) is 13.6 Å². The minimum atomic E-state index is -1.08. The lowest BCUT2D eigenvalue weighted by molar-refractivity contribution is -0.136. The topological polar surface area (TPSA) is 49.3 Å². The number of rotatable bonds is 4. The number of anilines is 2. The molecule has 0 fully saturated rings. The Labute approximate surface area is 108 Å². The molecule has 0 saturated carbocycles. The van der Waals surface area contributed by atoms with Gasteiger partial charge in [0.2, 0.25) is 0 Å². The molecule has 0 aliphatic rings. The molecule has 2 aromatic carbocycles. The predicted octanol–water partition coefficient (Wildman–Crippen LogP) is 3.34. The van der Waals surface area contributed by atoms with Crippen molar-refractivity contribution in [2.75, 3.05) is 5.32 Å². The zero-order valence-corrected chi connectivity index (χ0v) is 9.86. The van der Waals surface area contributed by atoms with Crippen LogP contribution in [0.15, 0.2) is 42.5 Å². The summed E-state index contributed by atoms with van der Waals surface area (Å²) in [4.78, 5) is 10.7. The van der Waals surface area contributed by atoms with Gasteiger partial charge in [-0.05, 0) is 35.9 Å². The molecule has 0 radical (unpaired) electrons. The number of hydrogen-bond acceptors (Lipinski definition) is 2. The molecule has 0 atom stereocenters. The molecule has 0 unspecified atom stereocenters. The quantitative estimate of drug-likeness (QED) is 0.889. The Bertz CT molecular complexity index is 614. The third-order valence-corrected chi connectivity index (χ3v) is 2.55. The van der Waals surface area contributed by atoms with Gasteiger partial charge >= 0.3 is 5.97 Å². The number of aliphatic carboxylic acids is 1. The monoisotopic (exact) mass is 263 g/mol. The number of hydrogen-bond donors (Lipinski definition) is 2. The van der Waals surface area contributed by atoms with Gasteiger partial charge in [-0.15, -0.1) is 0 Å². The van der Waals surface area contributed by atoms with Crippen molar-refractivity contribution in [3.8, 4) is 0 Å². The molecule has 98 valence electrons. The summed E-state index contributed by atoms with van der Waals surface area (Å²) in [7, 11) is 0. The molecule has 3 nitrogen and oxygen atoms in total. The van der Waals surface area contributed by atoms with Crippen LogP contribution in [0.3, 0.4) is 0 Å². The van der Waals surface area contributed by atoms with Gasteiger partial charge in [-0.1, -0.05) is 12.1 Å². The Morgan fingerprint density at radius 2 is 1.84 bits per heavy atom. The normalized spacial score (nSPS) is 10.2. The van der Waals surface area contributed by atoms with E-state index < -0.39 is 17.6 Å². The number of halogens is 2. The Kier molecular flexibility index (Phi) is 3.75. The highest BCUT2D eigenvalue weighted by Crippen LogP contribution is 2.24. The maximum atomic E-state index is 13.5. The second-order valence-corrected chi connectivity index (χ2v) is 3.98. The zero-order chi connectivity index (χ0) is 13.8. The zero-order valence-electron chi connectivity index (χ0n) is 9.86. The number of carboxylic acids is 1. The van der Waals surface area contributed by atoms with Crippen LogP contribution in [0.5, 0.6) is 0 Å². The van der Waals surface area contributed by atoms with Crippen LogP contribution >= 0.6 is 0 Å². The van der Waals surface area contributed by atoms with Gasteiger partial charge in [-0.3, -0.25) is 4.79 Å². The molecule has 19 heavy (non-hydrogen) atoms. The number of carboxylic acid groups (broad SMARTS) is 1. The van der Waals surface area contributed by atoms with E-state index in [0.717, 1.165) is 6.07 Å². The maximum absolute atomic E-state index is 13.5. The number of para-hydroxylation sites is 1. The minimum absolute atomic E-state index is 0.209. The fraction of sp³-hybridized carbons (Fsp3) is 0.0714. The summed E-state index contributed by atoms with van der Waals surface area (Å²) >= 11 is 0. The molecule has 0 spiro atoms. The van der Waals surface area contributed by atoms with Crippen molar-refractivity contribution < 1.29 is 18.7 Å². The van der Waals surface area contributed by atoms with Gasteiger partial charge in [0, 0.05) is 5.69 Å². The Hall–Kier alpha value is -2.43. The molecule has 5 heteroatoms. The standard InChI is InChI=1S/C14H11F2NO2/c15-10-5-6-12(9(7-10)8-14(18)19)17-13-4-2-1-3-11(13)16/h1-7,17H,8H2,(H,18,19). The summed E-state index contributed by atoms with van der Waals surface area (Å²) in [6.45, 7) is 0. The fourth-order valence-corrected chi connectivity index (χ4v) is 1.70. The van der Waals surface area contributed by atoms with Gasteiger partial charge in [0.15, 0.2) is 0 Å². The lowest BCUT2D eigenvalue weighted by Gasteiger charge is -2.11. The average Bonchev–Trinajstić information content (AvgIpc) is 2.34. The van der Waals surface area contributed by atoms with Crippen molar-refractivity contribution >= 4 is 17.3 Å². The van der Waals surface area contributed by atoms with Crippen LogP contribution in [0.1, 0.15) is 5.56 Å². The molecule has 2 rings (SSSR count). The first kappa shape index (κ1) is 13.0. The SMILES string of the molecule is O=C(O)Cc1cc(F)ccc1Nc1ccccc1F. The van der Waals surface area contributed by atoms with Crippen molar-refractivity contribution in [2.45, 2.75) is 6.42 Å². The van der Waals surface area contributed by atoms with E-state index in [2.05, 4.69) is 5.32 Å². The van der Waals surface area contributed by atoms with Gasteiger partial charge in [0.1, 0.15) is 11.6 Å². The second-order valence-electron chi connectivity index (χ2n) is 3.98. The van der Waals surface area contributed by atoms with Gasteiger partial charge in [-0.2, -0.15) is 0 Å². The van der Waals surface area contributed by atoms with Crippen molar-refractivity contribution in [3.63, 3.8) is 0 Å². The highest BCUT2D eigenvalue weighted by molar-refractivity contribution is 5.75. The largest absolute Gasteiger partial charge is 0.481 e. The highest BCUT2D eigenvalue weighted by atomic mass is 19.1. The molecule has 0 aliphatic carbocycles. The van der Waals surface area contributed by atoms with Gasteiger partial charge in [-0.25, -0.2) is 8.78 Å². The van der Waals surface area contributed by atoms with Crippen LogP contribution in [0, 0.1) is 11.6 Å². The summed E-state index contributed by atoms with van der Waals surface area (Å²) in [6.07, 6.45) is -0.339. The lowest BCUT2D eigenvalue weighted by Crippen LogP contribution is -2.05. The molecule has 0 aromatic heterocycles. The molecular formula is C14H11F2NO2. The summed E-state index contributed by atoms with van der Waals surface area (Å²) in [5, 5.41) is 11.5. The lowest BCUT2D eigenvalue weighted by atomic mass is 10.1. The smallest absolute Gasteiger partial charge is 0.307 e. The van der Waals surface area contributed by atoms with Gasteiger partial charge < -0.3 is 10.4 Å². The first-order chi connectivity index (χ1) is 9.06. The van der Waals surface area contributed by atoms with Crippen molar-refractivity contribution in [2.24, 2.45) is 0 Å². The molecular weight excluding hydrogens is 252 g/mol. The molecule has 2 N–H and O–H groups in total. The van der Waals surface area contributed by atoms with Gasteiger partial charge in [0.25, 0.3) is 0 Å². The number of nitrogens with one attached hydrogen (secondary N) is 1. The number of carbonyl (C=O) groups is 1. The van der Waals surface area contributed by atoms with E-state index in [1.165, 1.54) is 24.3 Å². The maximum Gasteiger partial charge on any atom is 0.307 e.